The van der Waals surface area contributed by atoms with E-state index in [2.05, 4.69) is 31.4 Å². The van der Waals surface area contributed by atoms with Crippen molar-refractivity contribution in [1.29, 1.82) is 0 Å². The predicted octanol–water partition coefficient (Wildman–Crippen LogP) is 3.06. The molecule has 6 heteroatoms. The molecule has 0 atom stereocenters. The first-order valence-corrected chi connectivity index (χ1v) is 5.33. The lowest BCUT2D eigenvalue weighted by molar-refractivity contribution is 0.580. The van der Waals surface area contributed by atoms with E-state index in [1.807, 2.05) is 0 Å². The van der Waals surface area contributed by atoms with Gasteiger partial charge in [-0.3, -0.25) is 5.10 Å². The average Bonchev–Trinajstić information content (AvgIpc) is 2.74. The third-order valence-electron chi connectivity index (χ3n) is 2.04. The van der Waals surface area contributed by atoms with E-state index in [0.29, 0.717) is 6.54 Å². The molecule has 84 valence electrons. The van der Waals surface area contributed by atoms with Crippen LogP contribution in [0.3, 0.4) is 0 Å². The second-order valence-electron chi connectivity index (χ2n) is 3.18. The molecule has 1 aromatic heterocycles. The fourth-order valence-corrected chi connectivity index (χ4v) is 1.58. The van der Waals surface area contributed by atoms with Crippen LogP contribution in [0.5, 0.6) is 0 Å². The van der Waals surface area contributed by atoms with Gasteiger partial charge in [-0.25, -0.2) is 8.78 Å². The monoisotopic (exact) mass is 287 g/mol. The van der Waals surface area contributed by atoms with Gasteiger partial charge in [-0.1, -0.05) is 0 Å². The second-order valence-corrected chi connectivity index (χ2v) is 4.04. The maximum Gasteiger partial charge on any atom is 0.149 e. The Morgan fingerprint density at radius 1 is 1.31 bits per heavy atom. The van der Waals surface area contributed by atoms with Crippen LogP contribution < -0.4 is 5.32 Å². The summed E-state index contributed by atoms with van der Waals surface area (Å²) in [6.45, 7) is 0.398. The van der Waals surface area contributed by atoms with Gasteiger partial charge in [0.1, 0.15) is 11.6 Å². The van der Waals surface area contributed by atoms with E-state index in [0.717, 1.165) is 11.8 Å². The highest BCUT2D eigenvalue weighted by atomic mass is 79.9. The lowest BCUT2D eigenvalue weighted by Gasteiger charge is -2.07. The Morgan fingerprint density at radius 2 is 2.12 bits per heavy atom. The smallest absolute Gasteiger partial charge is 0.149 e. The number of nitrogens with one attached hydrogen (secondary N) is 2. The minimum Gasteiger partial charge on any atom is -0.377 e. The molecule has 2 N–H and O–H groups in total. The van der Waals surface area contributed by atoms with Crippen LogP contribution in [-0.4, -0.2) is 10.2 Å². The maximum absolute atomic E-state index is 13.3. The van der Waals surface area contributed by atoms with Crippen molar-refractivity contribution in [2.24, 2.45) is 0 Å². The number of aromatic amines is 1. The zero-order valence-corrected chi connectivity index (χ0v) is 9.68. The van der Waals surface area contributed by atoms with E-state index >= 15 is 0 Å². The molecule has 3 nitrogen and oxygen atoms in total. The lowest BCUT2D eigenvalue weighted by atomic mass is 10.3. The van der Waals surface area contributed by atoms with Gasteiger partial charge in [0.25, 0.3) is 0 Å². The molecule has 0 saturated heterocycles. The molecule has 0 radical (unpaired) electrons. The van der Waals surface area contributed by atoms with E-state index in [-0.39, 0.29) is 10.2 Å². The Bertz CT molecular complexity index is 485. The zero-order valence-electron chi connectivity index (χ0n) is 8.10. The predicted molar refractivity (Wildman–Crippen MR) is 60.0 cm³/mol. The van der Waals surface area contributed by atoms with Crippen LogP contribution in [0.2, 0.25) is 0 Å². The first kappa shape index (κ1) is 11.1. The van der Waals surface area contributed by atoms with Gasteiger partial charge in [0.15, 0.2) is 0 Å². The second kappa shape index (κ2) is 4.61. The molecule has 0 unspecified atom stereocenters. The van der Waals surface area contributed by atoms with Crippen LogP contribution in [0.25, 0.3) is 0 Å². The number of aromatic nitrogens is 2. The molecular weight excluding hydrogens is 280 g/mol. The molecule has 1 heterocycles. The van der Waals surface area contributed by atoms with E-state index in [4.69, 9.17) is 0 Å². The van der Waals surface area contributed by atoms with E-state index in [9.17, 15) is 8.78 Å². The third kappa shape index (κ3) is 2.38. The summed E-state index contributed by atoms with van der Waals surface area (Å²) in [5.41, 5.74) is 1.06. The number of H-pyrrole nitrogens is 1. The Morgan fingerprint density at radius 3 is 2.81 bits per heavy atom. The molecule has 2 rings (SSSR count). The number of hydrogen-bond acceptors (Lipinski definition) is 2. The minimum absolute atomic E-state index is 0.223. The summed E-state index contributed by atoms with van der Waals surface area (Å²) in [6, 6.07) is 3.96. The van der Waals surface area contributed by atoms with Crippen LogP contribution in [0.1, 0.15) is 5.69 Å². The summed E-state index contributed by atoms with van der Waals surface area (Å²) >= 11 is 3.00. The highest BCUT2D eigenvalue weighted by Crippen LogP contribution is 2.23. The number of hydrogen-bond donors (Lipinski definition) is 2. The van der Waals surface area contributed by atoms with Gasteiger partial charge in [0.05, 0.1) is 22.4 Å². The van der Waals surface area contributed by atoms with Crippen molar-refractivity contribution in [2.45, 2.75) is 6.54 Å². The first-order chi connectivity index (χ1) is 7.66. The fourth-order valence-electron chi connectivity index (χ4n) is 1.23. The summed E-state index contributed by atoms with van der Waals surface area (Å²) in [6.07, 6.45) is 1.61. The van der Waals surface area contributed by atoms with Gasteiger partial charge in [0.2, 0.25) is 0 Å². The van der Waals surface area contributed by atoms with E-state index in [1.54, 1.807) is 12.3 Å². The Kier molecular flexibility index (Phi) is 3.19. The summed E-state index contributed by atoms with van der Waals surface area (Å²) in [7, 11) is 0. The van der Waals surface area contributed by atoms with Crippen molar-refractivity contribution in [3.8, 4) is 0 Å². The van der Waals surface area contributed by atoms with Gasteiger partial charge >= 0.3 is 0 Å². The van der Waals surface area contributed by atoms with Gasteiger partial charge in [-0.05, 0) is 28.1 Å². The van der Waals surface area contributed by atoms with Crippen LogP contribution in [0.15, 0.2) is 28.9 Å². The molecule has 0 aliphatic heterocycles. The molecule has 0 amide bonds. The Labute approximate surface area is 99.0 Å². The maximum atomic E-state index is 13.3. The zero-order chi connectivity index (χ0) is 11.5. The number of halogens is 3. The van der Waals surface area contributed by atoms with Crippen molar-refractivity contribution in [3.05, 3.63) is 46.2 Å². The third-order valence-corrected chi connectivity index (χ3v) is 2.65. The molecule has 0 fully saturated rings. The van der Waals surface area contributed by atoms with Crippen molar-refractivity contribution in [3.63, 3.8) is 0 Å². The Hall–Kier alpha value is -1.43. The molecule has 0 saturated carbocycles. The number of anilines is 1. The van der Waals surface area contributed by atoms with E-state index in [1.165, 1.54) is 6.07 Å². The highest BCUT2D eigenvalue weighted by molar-refractivity contribution is 9.10. The van der Waals surface area contributed by atoms with Crippen LogP contribution >= 0.6 is 15.9 Å². The van der Waals surface area contributed by atoms with Gasteiger partial charge in [0, 0.05) is 12.3 Å². The van der Waals surface area contributed by atoms with Crippen molar-refractivity contribution >= 4 is 21.6 Å². The quantitative estimate of drug-likeness (QED) is 0.852. The first-order valence-electron chi connectivity index (χ1n) is 4.53. The van der Waals surface area contributed by atoms with E-state index < -0.39 is 11.6 Å². The molecule has 0 spiro atoms. The number of benzene rings is 1. The Balaban J connectivity index is 2.12. The number of nitrogens with zero attached hydrogens (tertiary/aromatic N) is 1. The molecule has 1 aromatic carbocycles. The topological polar surface area (TPSA) is 40.7 Å². The normalized spacial score (nSPS) is 10.4. The summed E-state index contributed by atoms with van der Waals surface area (Å²) in [4.78, 5) is 0. The molecule has 16 heavy (non-hydrogen) atoms. The highest BCUT2D eigenvalue weighted by Gasteiger charge is 2.07. The molecule has 0 bridgehead atoms. The average molecular weight is 288 g/mol. The summed E-state index contributed by atoms with van der Waals surface area (Å²) < 4.78 is 26.5. The summed E-state index contributed by atoms with van der Waals surface area (Å²) in [5, 5.41) is 9.33. The molecule has 2 aromatic rings. The molecule has 0 aliphatic carbocycles. The van der Waals surface area contributed by atoms with Gasteiger partial charge in [-0.15, -0.1) is 0 Å². The van der Waals surface area contributed by atoms with Crippen molar-refractivity contribution in [2.75, 3.05) is 5.32 Å². The van der Waals surface area contributed by atoms with Gasteiger partial charge < -0.3 is 5.32 Å². The van der Waals surface area contributed by atoms with Crippen molar-refractivity contribution in [1.82, 2.24) is 10.2 Å². The summed E-state index contributed by atoms with van der Waals surface area (Å²) in [5.74, 6) is -1.25. The van der Waals surface area contributed by atoms with Crippen LogP contribution in [-0.2, 0) is 6.54 Å². The standard InChI is InChI=1S/C10H8BrF2N3/c11-7-3-10(9(13)4-8(7)12)14-5-6-1-2-15-16-6/h1-4,14H,5H2,(H,15,16). The number of rotatable bonds is 3. The minimum atomic E-state index is -0.625. The van der Waals surface area contributed by atoms with Crippen molar-refractivity contribution < 1.29 is 8.78 Å². The SMILES string of the molecule is Fc1cc(F)c(NCc2ccn[nH]2)cc1Br. The van der Waals surface area contributed by atoms with Gasteiger partial charge in [-0.2, -0.15) is 5.10 Å². The van der Waals surface area contributed by atoms with Crippen LogP contribution in [0, 0.1) is 11.6 Å². The lowest BCUT2D eigenvalue weighted by Crippen LogP contribution is -2.02. The largest absolute Gasteiger partial charge is 0.377 e. The fraction of sp³-hybridized carbons (Fsp3) is 0.100. The molecular formula is C10H8BrF2N3. The van der Waals surface area contributed by atoms with Crippen LogP contribution in [0.4, 0.5) is 14.5 Å². The molecule has 0 aliphatic rings.